The Bertz CT molecular complexity index is 1490. The van der Waals surface area contributed by atoms with E-state index in [-0.39, 0.29) is 42.8 Å². The molecule has 1 saturated heterocycles. The first-order valence-electron chi connectivity index (χ1n) is 19.7. The second-order valence-electron chi connectivity index (χ2n) is 14.2. The predicted octanol–water partition coefficient (Wildman–Crippen LogP) is 4.62. The normalized spacial score (nSPS) is 17.9. The smallest absolute Gasteiger partial charge is 0.325 e. The predicted molar refractivity (Wildman–Crippen MR) is 217 cm³/mol. The lowest BCUT2D eigenvalue weighted by Crippen LogP contribution is -2.61. The molecule has 0 saturated carbocycles. The summed E-state index contributed by atoms with van der Waals surface area (Å²) in [4.78, 5) is 74.8. The van der Waals surface area contributed by atoms with Crippen LogP contribution in [0.1, 0.15) is 92.6 Å². The van der Waals surface area contributed by atoms with Crippen molar-refractivity contribution < 1.29 is 43.3 Å². The maximum absolute atomic E-state index is 14.0. The van der Waals surface area contributed by atoms with E-state index in [0.29, 0.717) is 56.1 Å². The first kappa shape index (κ1) is 49.6. The number of aliphatic hydroxyl groups excluding tert-OH is 1. The monoisotopic (exact) mass is 782 g/mol. The molecule has 1 aliphatic heterocycles. The molecule has 56 heavy (non-hydrogen) atoms. The quantitative estimate of drug-likeness (QED) is 0.0527. The number of Topliss-reactive ketones (excluding diaryl/α,β-unsaturated/α-hetero) is 1. The van der Waals surface area contributed by atoms with Gasteiger partial charge in [-0.25, -0.2) is 5.43 Å². The van der Waals surface area contributed by atoms with Gasteiger partial charge in [0.05, 0.1) is 19.3 Å². The van der Waals surface area contributed by atoms with Crippen LogP contribution in [0.2, 0.25) is 0 Å². The lowest BCUT2D eigenvalue weighted by Gasteiger charge is -2.36. The summed E-state index contributed by atoms with van der Waals surface area (Å²) in [6.07, 6.45) is 10.7. The summed E-state index contributed by atoms with van der Waals surface area (Å²) in [6.45, 7) is 13.1. The molecule has 6 unspecified atom stereocenters. The summed E-state index contributed by atoms with van der Waals surface area (Å²) in [5.74, 6) is -1.55. The maximum Gasteiger partial charge on any atom is 0.325 e. The van der Waals surface area contributed by atoms with E-state index in [9.17, 15) is 33.9 Å². The van der Waals surface area contributed by atoms with Crippen LogP contribution in [0.3, 0.4) is 0 Å². The van der Waals surface area contributed by atoms with E-state index in [0.717, 1.165) is 5.56 Å². The van der Waals surface area contributed by atoms with Crippen molar-refractivity contribution in [3.05, 3.63) is 65.8 Å². The molecule has 1 aliphatic rings. The molecule has 4 N–H and O–H groups in total. The lowest BCUT2D eigenvalue weighted by atomic mass is 9.87. The number of esters is 1. The second kappa shape index (κ2) is 27.2. The summed E-state index contributed by atoms with van der Waals surface area (Å²) < 4.78 is 11.2. The van der Waals surface area contributed by atoms with Crippen LogP contribution < -0.4 is 20.8 Å². The number of allylic oxidation sites excluding steroid dienone is 4. The fourth-order valence-electron chi connectivity index (χ4n) is 6.23. The van der Waals surface area contributed by atoms with Crippen molar-refractivity contribution in [2.24, 2.45) is 17.8 Å². The number of hydrogen-bond acceptors (Lipinski definition) is 11. The number of methoxy groups -OCH3 is 1. The summed E-state index contributed by atoms with van der Waals surface area (Å²) in [6, 6.07) is 4.97. The van der Waals surface area contributed by atoms with Gasteiger partial charge in [0, 0.05) is 31.7 Å². The zero-order valence-electron chi connectivity index (χ0n) is 34.8. The van der Waals surface area contributed by atoms with Gasteiger partial charge in [-0.3, -0.25) is 24.2 Å². The molecule has 1 fully saturated rings. The number of carbonyl (C=O) groups is 6. The highest BCUT2D eigenvalue weighted by Gasteiger charge is 2.35. The molecule has 0 aliphatic carbocycles. The number of nitrogens with one attached hydrogen (secondary N) is 3. The number of ketones is 1. The number of hydrazine groups is 1. The molecule has 1 heterocycles. The summed E-state index contributed by atoms with van der Waals surface area (Å²) in [5, 5.41) is 17.9. The Kier molecular flexibility index (Phi) is 24.1. The molecule has 13 nitrogen and oxygen atoms in total. The van der Waals surface area contributed by atoms with Gasteiger partial charge in [0.15, 0.2) is 0 Å². The Balaban J connectivity index is 0.00000771. The van der Waals surface area contributed by atoms with Gasteiger partial charge < -0.3 is 34.8 Å². The van der Waals surface area contributed by atoms with Gasteiger partial charge in [-0.1, -0.05) is 71.1 Å². The lowest BCUT2D eigenvalue weighted by molar-refractivity contribution is -0.156. The topological polar surface area (TPSA) is 180 Å². The first-order chi connectivity index (χ1) is 26.8. The van der Waals surface area contributed by atoms with Crippen molar-refractivity contribution in [1.82, 2.24) is 21.1 Å². The van der Waals surface area contributed by atoms with Gasteiger partial charge in [-0.15, -0.1) is 0 Å². The number of benzene rings is 1. The number of nitrogens with zero attached hydrogens (tertiary/aromatic N) is 1. The number of ether oxygens (including phenoxy) is 2. The molecule has 0 aromatic heterocycles. The third kappa shape index (κ3) is 17.1. The molecular weight excluding hydrogens is 716 g/mol. The summed E-state index contributed by atoms with van der Waals surface area (Å²) in [5.41, 5.74) is 4.36. The molecule has 0 radical (unpaired) electrons. The van der Waals surface area contributed by atoms with Crippen LogP contribution in [0.25, 0.3) is 0 Å². The maximum atomic E-state index is 14.0. The molecule has 0 spiro atoms. The Labute approximate surface area is 333 Å². The van der Waals surface area contributed by atoms with Crippen LogP contribution in [-0.2, 0) is 39.9 Å². The number of aldehydes is 2. The molecule has 2 rings (SSSR count). The van der Waals surface area contributed by atoms with E-state index in [1.54, 1.807) is 45.4 Å². The van der Waals surface area contributed by atoms with Gasteiger partial charge >= 0.3 is 5.97 Å². The Morgan fingerprint density at radius 2 is 1.73 bits per heavy atom. The van der Waals surface area contributed by atoms with Crippen molar-refractivity contribution in [3.8, 4) is 5.75 Å². The summed E-state index contributed by atoms with van der Waals surface area (Å²) in [7, 11) is 3.25. The fraction of sp³-hybridized carbons (Fsp3) is 0.581. The Morgan fingerprint density at radius 3 is 2.32 bits per heavy atom. The standard InChI is InChI=1S/C41H60N4O9.C2H6/c1-27(2)37(42-6)39(50)43-35(25-31-15-12-16-33(24-31)53-7)40(51)45-22-13-17-34(44-45)41(52)54-36(28(3)21-23-46)18-11-9-8-10-14-29(4)38(49)32(26-47)20-19-30(5)48;1-2/h8-12,15-16,21,23-24,26-27,29,32,34-38,42,44,49H,13-14,17-20,22,25H2,1-7H3,(H,43,50);1-2H3/b10-8+,11-9+,28-21+;/t29?,32?,34?,35?,36-,37?,38?;/m0./s1. The average Bonchev–Trinajstić information content (AvgIpc) is 3.19. The highest BCUT2D eigenvalue weighted by molar-refractivity contribution is 5.90. The van der Waals surface area contributed by atoms with E-state index in [4.69, 9.17) is 9.47 Å². The van der Waals surface area contributed by atoms with Crippen LogP contribution in [-0.4, -0.2) is 97.3 Å². The highest BCUT2D eigenvalue weighted by Crippen LogP contribution is 2.21. The first-order valence-corrected chi connectivity index (χ1v) is 19.7. The average molecular weight is 783 g/mol. The van der Waals surface area contributed by atoms with Crippen LogP contribution in [0.5, 0.6) is 5.75 Å². The van der Waals surface area contributed by atoms with Gasteiger partial charge in [-0.05, 0) is 87.8 Å². The highest BCUT2D eigenvalue weighted by atomic mass is 16.5. The number of likely N-dealkylation sites (N-methyl/N-ethyl adjacent to an activating group) is 1. The fourth-order valence-corrected chi connectivity index (χ4v) is 6.23. The molecule has 0 bridgehead atoms. The molecule has 1 aromatic rings. The van der Waals surface area contributed by atoms with Crippen LogP contribution >= 0.6 is 0 Å². The van der Waals surface area contributed by atoms with E-state index in [1.165, 1.54) is 18.0 Å². The van der Waals surface area contributed by atoms with Crippen molar-refractivity contribution >= 4 is 36.1 Å². The molecular formula is C43H66N4O9. The number of rotatable bonds is 23. The number of carbonyl (C=O) groups excluding carboxylic acids is 6. The van der Waals surface area contributed by atoms with Crippen LogP contribution in [0.4, 0.5) is 0 Å². The molecule has 1 aromatic carbocycles. The van der Waals surface area contributed by atoms with Crippen molar-refractivity contribution in [2.45, 2.75) is 124 Å². The van der Waals surface area contributed by atoms with Crippen LogP contribution in [0.15, 0.2) is 60.2 Å². The third-order valence-corrected chi connectivity index (χ3v) is 9.55. The van der Waals surface area contributed by atoms with E-state index >= 15 is 0 Å². The van der Waals surface area contributed by atoms with Crippen molar-refractivity contribution in [2.75, 3.05) is 20.7 Å². The van der Waals surface area contributed by atoms with Gasteiger partial charge in [-0.2, -0.15) is 0 Å². The van der Waals surface area contributed by atoms with E-state index < -0.39 is 48.1 Å². The minimum absolute atomic E-state index is 0.0274. The second-order valence-corrected chi connectivity index (χ2v) is 14.2. The van der Waals surface area contributed by atoms with Crippen LogP contribution in [0, 0.1) is 17.8 Å². The minimum atomic E-state index is -0.936. The zero-order valence-corrected chi connectivity index (χ0v) is 34.8. The third-order valence-electron chi connectivity index (χ3n) is 9.55. The Morgan fingerprint density at radius 1 is 1.05 bits per heavy atom. The number of aliphatic hydroxyl groups is 1. The number of amides is 2. The molecule has 7 atom stereocenters. The summed E-state index contributed by atoms with van der Waals surface area (Å²) >= 11 is 0. The Hall–Kier alpha value is -4.46. The minimum Gasteiger partial charge on any atom is -0.497 e. The number of hydrogen-bond donors (Lipinski definition) is 4. The SMILES string of the molecule is CC.CNC(C(=O)NC(Cc1cccc(OC)c1)C(=O)N1CCCC(C(=O)O[C@@H](C/C=C/C=C/CC(C)C(O)C(C=O)CCC(C)=O)/C(C)=C/C=O)N1)C(C)C. The van der Waals surface area contributed by atoms with Gasteiger partial charge in [0.2, 0.25) is 5.91 Å². The van der Waals surface area contributed by atoms with E-state index in [1.807, 2.05) is 58.9 Å². The van der Waals surface area contributed by atoms with Crippen molar-refractivity contribution in [1.29, 1.82) is 0 Å². The van der Waals surface area contributed by atoms with Crippen molar-refractivity contribution in [3.63, 3.8) is 0 Å². The molecule has 2 amide bonds. The largest absolute Gasteiger partial charge is 0.497 e. The zero-order chi connectivity index (χ0) is 42.2. The van der Waals surface area contributed by atoms with E-state index in [2.05, 4.69) is 16.1 Å². The molecule has 13 heteroatoms. The van der Waals surface area contributed by atoms with Gasteiger partial charge in [0.25, 0.3) is 5.91 Å². The molecule has 312 valence electrons. The van der Waals surface area contributed by atoms with Gasteiger partial charge in [0.1, 0.15) is 42.3 Å².